The monoisotopic (exact) mass is 243 g/mol. The molecule has 0 bridgehead atoms. The number of amides is 2. The molecule has 0 aromatic heterocycles. The van der Waals surface area contributed by atoms with Crippen LogP contribution in [0.4, 0.5) is 4.79 Å². The average molecular weight is 243 g/mol. The van der Waals surface area contributed by atoms with Crippen LogP contribution in [0, 0.1) is 0 Å². The molecule has 0 spiro atoms. The Morgan fingerprint density at radius 2 is 1.94 bits per heavy atom. The van der Waals surface area contributed by atoms with Crippen LogP contribution in [0.5, 0.6) is 0 Å². The van der Waals surface area contributed by atoms with E-state index < -0.39 is 16.1 Å². The van der Waals surface area contributed by atoms with E-state index in [0.717, 1.165) is 4.41 Å². The molecule has 1 aromatic rings. The summed E-state index contributed by atoms with van der Waals surface area (Å²) in [7, 11) is -3.72. The van der Waals surface area contributed by atoms with Crippen LogP contribution in [-0.4, -0.2) is 25.4 Å². The number of rotatable bonds is 4. The van der Waals surface area contributed by atoms with Gasteiger partial charge in [0.15, 0.2) is 0 Å². The second-order valence-electron chi connectivity index (χ2n) is 2.96. The van der Waals surface area contributed by atoms with Crippen molar-refractivity contribution in [3.05, 3.63) is 30.3 Å². The highest BCUT2D eigenvalue weighted by Gasteiger charge is 2.23. The molecule has 3 N–H and O–H groups in total. The zero-order valence-corrected chi connectivity index (χ0v) is 9.57. The van der Waals surface area contributed by atoms with E-state index in [9.17, 15) is 13.2 Å². The molecular formula is C9H13N3O3S. The number of nitrogens with one attached hydrogen (secondary N) is 1. The lowest BCUT2D eigenvalue weighted by Crippen LogP contribution is -2.48. The number of nitrogens with two attached hydrogens (primary N) is 1. The Balaban J connectivity index is 3.05. The number of hydrogen-bond donors (Lipinski definition) is 2. The maximum Gasteiger partial charge on any atom is 0.327 e. The summed E-state index contributed by atoms with van der Waals surface area (Å²) >= 11 is 0. The highest BCUT2D eigenvalue weighted by molar-refractivity contribution is 7.89. The second-order valence-corrected chi connectivity index (χ2v) is 4.82. The van der Waals surface area contributed by atoms with Crippen molar-refractivity contribution in [2.75, 3.05) is 6.54 Å². The molecule has 7 heteroatoms. The van der Waals surface area contributed by atoms with Gasteiger partial charge >= 0.3 is 6.03 Å². The minimum atomic E-state index is -3.72. The van der Waals surface area contributed by atoms with Crippen molar-refractivity contribution < 1.29 is 13.2 Å². The Bertz CT molecular complexity index is 458. The van der Waals surface area contributed by atoms with E-state index in [4.69, 9.17) is 5.73 Å². The molecule has 0 saturated carbocycles. The summed E-state index contributed by atoms with van der Waals surface area (Å²) in [4.78, 5) is 10.8. The van der Waals surface area contributed by atoms with E-state index in [1.807, 2.05) is 0 Å². The summed E-state index contributed by atoms with van der Waals surface area (Å²) in [5.74, 6) is 0. The lowest BCUT2D eigenvalue weighted by molar-refractivity contribution is 0.229. The van der Waals surface area contributed by atoms with Gasteiger partial charge in [-0.1, -0.05) is 18.2 Å². The quantitative estimate of drug-likeness (QED) is 0.744. The first-order chi connectivity index (χ1) is 7.48. The number of carbonyl (C=O) groups is 1. The Hall–Kier alpha value is -1.60. The van der Waals surface area contributed by atoms with Crippen LogP contribution < -0.4 is 11.2 Å². The van der Waals surface area contributed by atoms with Gasteiger partial charge in [-0.2, -0.15) is 0 Å². The van der Waals surface area contributed by atoms with Crippen LogP contribution in [0.3, 0.4) is 0 Å². The molecule has 6 nitrogen and oxygen atoms in total. The maximum absolute atomic E-state index is 12.0. The number of hydrogen-bond acceptors (Lipinski definition) is 3. The number of nitrogens with zero attached hydrogens (tertiary/aromatic N) is 1. The van der Waals surface area contributed by atoms with Crippen molar-refractivity contribution in [3.8, 4) is 0 Å². The first-order valence-electron chi connectivity index (χ1n) is 4.62. The molecule has 1 rings (SSSR count). The van der Waals surface area contributed by atoms with Gasteiger partial charge in [0.1, 0.15) is 0 Å². The molecule has 0 aliphatic carbocycles. The zero-order valence-electron chi connectivity index (χ0n) is 8.75. The molecule has 0 heterocycles. The average Bonchev–Trinajstić information content (AvgIpc) is 2.26. The van der Waals surface area contributed by atoms with E-state index in [2.05, 4.69) is 5.43 Å². The van der Waals surface area contributed by atoms with Gasteiger partial charge in [0, 0.05) is 6.54 Å². The van der Waals surface area contributed by atoms with E-state index in [-0.39, 0.29) is 11.4 Å². The number of hydrazine groups is 1. The Morgan fingerprint density at radius 3 is 2.38 bits per heavy atom. The van der Waals surface area contributed by atoms with Gasteiger partial charge in [0.25, 0.3) is 10.0 Å². The van der Waals surface area contributed by atoms with E-state index >= 15 is 0 Å². The number of primary amides is 1. The summed E-state index contributed by atoms with van der Waals surface area (Å²) in [6.45, 7) is 1.69. The fraction of sp³-hybridized carbons (Fsp3) is 0.222. The molecule has 1 aromatic carbocycles. The molecule has 16 heavy (non-hydrogen) atoms. The van der Waals surface area contributed by atoms with Gasteiger partial charge in [0.2, 0.25) is 0 Å². The lowest BCUT2D eigenvalue weighted by Gasteiger charge is -2.19. The first-order valence-corrected chi connectivity index (χ1v) is 6.06. The number of sulfonamides is 1. The second kappa shape index (κ2) is 4.95. The molecule has 88 valence electrons. The highest BCUT2D eigenvalue weighted by atomic mass is 32.2. The third kappa shape index (κ3) is 2.71. The van der Waals surface area contributed by atoms with Gasteiger partial charge in [0.05, 0.1) is 4.90 Å². The number of urea groups is 1. The van der Waals surface area contributed by atoms with Crippen LogP contribution in [0.15, 0.2) is 35.2 Å². The topological polar surface area (TPSA) is 92.5 Å². The maximum atomic E-state index is 12.0. The van der Waals surface area contributed by atoms with E-state index in [0.29, 0.717) is 0 Å². The normalized spacial score (nSPS) is 11.4. The molecule has 0 unspecified atom stereocenters. The number of benzene rings is 1. The molecule has 0 fully saturated rings. The SMILES string of the molecule is CCN(NC(N)=O)S(=O)(=O)c1ccccc1. The first kappa shape index (κ1) is 12.5. The molecule has 0 atom stereocenters. The Kier molecular flexibility index (Phi) is 3.86. The predicted molar refractivity (Wildman–Crippen MR) is 58.7 cm³/mol. The van der Waals surface area contributed by atoms with Crippen LogP contribution in [0.2, 0.25) is 0 Å². The molecule has 0 radical (unpaired) electrons. The van der Waals surface area contributed by atoms with Gasteiger partial charge in [-0.05, 0) is 19.1 Å². The van der Waals surface area contributed by atoms with Crippen LogP contribution in [0.1, 0.15) is 6.92 Å². The molecule has 2 amide bonds. The van der Waals surface area contributed by atoms with Crippen LogP contribution >= 0.6 is 0 Å². The Morgan fingerprint density at radius 1 is 1.38 bits per heavy atom. The number of carbonyl (C=O) groups excluding carboxylic acids is 1. The van der Waals surface area contributed by atoms with Crippen molar-refractivity contribution in [2.45, 2.75) is 11.8 Å². The van der Waals surface area contributed by atoms with Crippen LogP contribution in [-0.2, 0) is 10.0 Å². The smallest absolute Gasteiger partial charge is 0.327 e. The van der Waals surface area contributed by atoms with Gasteiger partial charge in [-0.15, -0.1) is 4.41 Å². The summed E-state index contributed by atoms with van der Waals surface area (Å²) in [5, 5.41) is 0. The zero-order chi connectivity index (χ0) is 12.2. The minimum Gasteiger partial charge on any atom is -0.351 e. The molecule has 0 aliphatic heterocycles. The summed E-state index contributed by atoms with van der Waals surface area (Å²) in [5.41, 5.74) is 6.94. The standard InChI is InChI=1S/C9H13N3O3S/c1-2-12(11-9(10)13)16(14,15)8-6-4-3-5-7-8/h3-7H,2H2,1H3,(H3,10,11,13). The minimum absolute atomic E-state index is 0.0974. The molecular weight excluding hydrogens is 230 g/mol. The molecule has 0 saturated heterocycles. The Labute approximate surface area is 94.1 Å². The summed E-state index contributed by atoms with van der Waals surface area (Å²) in [6.07, 6.45) is 0. The van der Waals surface area contributed by atoms with Gasteiger partial charge in [-0.3, -0.25) is 5.43 Å². The van der Waals surface area contributed by atoms with Gasteiger partial charge in [-0.25, -0.2) is 13.2 Å². The largest absolute Gasteiger partial charge is 0.351 e. The third-order valence-corrected chi connectivity index (χ3v) is 3.65. The van der Waals surface area contributed by atoms with Crippen molar-refractivity contribution in [1.82, 2.24) is 9.84 Å². The lowest BCUT2D eigenvalue weighted by atomic mass is 10.4. The summed E-state index contributed by atoms with van der Waals surface area (Å²) in [6, 6.07) is 6.88. The van der Waals surface area contributed by atoms with Crippen molar-refractivity contribution >= 4 is 16.1 Å². The van der Waals surface area contributed by atoms with Gasteiger partial charge < -0.3 is 5.73 Å². The third-order valence-electron chi connectivity index (χ3n) is 1.85. The van der Waals surface area contributed by atoms with Crippen LogP contribution in [0.25, 0.3) is 0 Å². The van der Waals surface area contributed by atoms with Crippen molar-refractivity contribution in [1.29, 1.82) is 0 Å². The van der Waals surface area contributed by atoms with Crippen molar-refractivity contribution in [3.63, 3.8) is 0 Å². The summed E-state index contributed by atoms with van der Waals surface area (Å²) < 4.78 is 24.7. The highest BCUT2D eigenvalue weighted by Crippen LogP contribution is 2.12. The molecule has 0 aliphatic rings. The fourth-order valence-electron chi connectivity index (χ4n) is 1.15. The van der Waals surface area contributed by atoms with E-state index in [1.165, 1.54) is 12.1 Å². The van der Waals surface area contributed by atoms with Crippen molar-refractivity contribution in [2.24, 2.45) is 5.73 Å². The fourth-order valence-corrected chi connectivity index (χ4v) is 2.46. The van der Waals surface area contributed by atoms with E-state index in [1.54, 1.807) is 25.1 Å². The predicted octanol–water partition coefficient (Wildman–Crippen LogP) is 0.281.